The number of carbonyl (C=O) groups excluding carboxylic acids is 1. The van der Waals surface area contributed by atoms with Gasteiger partial charge in [0.25, 0.3) is 5.91 Å². The molecule has 1 amide bonds. The van der Waals surface area contributed by atoms with E-state index in [0.717, 1.165) is 5.56 Å². The molecular formula is C17H23NO3. The Morgan fingerprint density at radius 1 is 1.43 bits per heavy atom. The molecule has 1 rings (SSSR count). The number of aliphatic hydroxyl groups excluding tert-OH is 1. The molecule has 0 saturated carbocycles. The molecule has 4 heteroatoms. The molecule has 0 radical (unpaired) electrons. The highest BCUT2D eigenvalue weighted by molar-refractivity contribution is 5.94. The Labute approximate surface area is 126 Å². The van der Waals surface area contributed by atoms with Gasteiger partial charge in [-0.05, 0) is 24.1 Å². The van der Waals surface area contributed by atoms with E-state index in [1.54, 1.807) is 18.2 Å². The lowest BCUT2D eigenvalue weighted by Gasteiger charge is -2.08. The average Bonchev–Trinajstić information content (AvgIpc) is 2.47. The number of amides is 1. The molecule has 114 valence electrons. The second-order valence-corrected chi connectivity index (χ2v) is 5.08. The maximum absolute atomic E-state index is 12.0. The Balaban J connectivity index is 2.44. The number of carbonyl (C=O) groups is 1. The predicted octanol–water partition coefficient (Wildman–Crippen LogP) is 1.82. The van der Waals surface area contributed by atoms with Crippen molar-refractivity contribution in [2.45, 2.75) is 20.3 Å². The van der Waals surface area contributed by atoms with Gasteiger partial charge in [-0.25, -0.2) is 0 Å². The zero-order chi connectivity index (χ0) is 15.5. The van der Waals surface area contributed by atoms with E-state index >= 15 is 0 Å². The van der Waals surface area contributed by atoms with Crippen molar-refractivity contribution in [3.63, 3.8) is 0 Å². The first-order valence-electron chi connectivity index (χ1n) is 7.19. The van der Waals surface area contributed by atoms with E-state index in [0.29, 0.717) is 37.7 Å². The maximum atomic E-state index is 12.0. The van der Waals surface area contributed by atoms with E-state index < -0.39 is 0 Å². The van der Waals surface area contributed by atoms with Gasteiger partial charge in [-0.15, -0.1) is 0 Å². The summed E-state index contributed by atoms with van der Waals surface area (Å²) in [7, 11) is 0. The summed E-state index contributed by atoms with van der Waals surface area (Å²) in [6.07, 6.45) is 0.434. The van der Waals surface area contributed by atoms with Crippen LogP contribution in [0.5, 0.6) is 0 Å². The van der Waals surface area contributed by atoms with E-state index in [2.05, 4.69) is 31.0 Å². The number of ether oxygens (including phenoxy) is 1. The normalized spacial score (nSPS) is 10.1. The van der Waals surface area contributed by atoms with Crippen molar-refractivity contribution < 1.29 is 14.6 Å². The predicted molar refractivity (Wildman–Crippen MR) is 83.0 cm³/mol. The SMILES string of the molecule is CC(C)COCCNC(=O)c1cccc(C#CCCO)c1. The van der Waals surface area contributed by atoms with Crippen molar-refractivity contribution in [1.29, 1.82) is 0 Å². The van der Waals surface area contributed by atoms with Crippen LogP contribution in [0, 0.1) is 17.8 Å². The third-order valence-corrected chi connectivity index (χ3v) is 2.58. The summed E-state index contributed by atoms with van der Waals surface area (Å²) >= 11 is 0. The van der Waals surface area contributed by atoms with Gasteiger partial charge in [0.1, 0.15) is 0 Å². The van der Waals surface area contributed by atoms with Gasteiger partial charge in [0, 0.05) is 30.7 Å². The van der Waals surface area contributed by atoms with Gasteiger partial charge in [-0.3, -0.25) is 4.79 Å². The first-order chi connectivity index (χ1) is 10.1. The van der Waals surface area contributed by atoms with Crippen LogP contribution in [-0.2, 0) is 4.74 Å². The fourth-order valence-corrected chi connectivity index (χ4v) is 1.62. The highest BCUT2D eigenvalue weighted by Gasteiger charge is 2.04. The van der Waals surface area contributed by atoms with E-state index in [1.165, 1.54) is 0 Å². The zero-order valence-corrected chi connectivity index (χ0v) is 12.7. The fraction of sp³-hybridized carbons (Fsp3) is 0.471. The molecule has 0 aliphatic carbocycles. The molecule has 0 atom stereocenters. The van der Waals surface area contributed by atoms with Crippen molar-refractivity contribution in [1.82, 2.24) is 5.32 Å². The summed E-state index contributed by atoms with van der Waals surface area (Å²) in [5.74, 6) is 6.12. The molecule has 21 heavy (non-hydrogen) atoms. The molecule has 0 aliphatic heterocycles. The first-order valence-corrected chi connectivity index (χ1v) is 7.19. The van der Waals surface area contributed by atoms with Gasteiger partial charge in [0.05, 0.1) is 13.2 Å². The summed E-state index contributed by atoms with van der Waals surface area (Å²) < 4.78 is 5.41. The van der Waals surface area contributed by atoms with E-state index in [4.69, 9.17) is 9.84 Å². The second kappa shape index (κ2) is 9.98. The van der Waals surface area contributed by atoms with Crippen LogP contribution >= 0.6 is 0 Å². The van der Waals surface area contributed by atoms with Gasteiger partial charge in [-0.1, -0.05) is 31.8 Å². The van der Waals surface area contributed by atoms with Crippen molar-refractivity contribution >= 4 is 5.91 Å². The quantitative estimate of drug-likeness (QED) is 0.594. The third-order valence-electron chi connectivity index (χ3n) is 2.58. The summed E-state index contributed by atoms with van der Waals surface area (Å²) in [6, 6.07) is 7.14. The molecule has 0 aromatic heterocycles. The first kappa shape index (κ1) is 17.2. The molecule has 0 unspecified atom stereocenters. The number of aliphatic hydroxyl groups is 1. The zero-order valence-electron chi connectivity index (χ0n) is 12.7. The largest absolute Gasteiger partial charge is 0.395 e. The number of hydrogen-bond donors (Lipinski definition) is 2. The molecule has 1 aromatic carbocycles. The van der Waals surface area contributed by atoms with Crippen LogP contribution in [0.1, 0.15) is 36.2 Å². The smallest absolute Gasteiger partial charge is 0.251 e. The van der Waals surface area contributed by atoms with Crippen molar-refractivity contribution in [3.8, 4) is 11.8 Å². The minimum Gasteiger partial charge on any atom is -0.395 e. The van der Waals surface area contributed by atoms with Crippen LogP contribution in [0.3, 0.4) is 0 Å². The topological polar surface area (TPSA) is 58.6 Å². The summed E-state index contributed by atoms with van der Waals surface area (Å²) in [6.45, 7) is 5.92. The van der Waals surface area contributed by atoms with E-state index in [9.17, 15) is 4.79 Å². The number of hydrogen-bond acceptors (Lipinski definition) is 3. The Morgan fingerprint density at radius 3 is 2.95 bits per heavy atom. The number of benzene rings is 1. The summed E-state index contributed by atoms with van der Waals surface area (Å²) in [4.78, 5) is 12.0. The molecule has 0 heterocycles. The van der Waals surface area contributed by atoms with Crippen LogP contribution < -0.4 is 5.32 Å². The van der Waals surface area contributed by atoms with Crippen molar-refractivity contribution in [3.05, 3.63) is 35.4 Å². The van der Waals surface area contributed by atoms with Crippen LogP contribution in [-0.4, -0.2) is 37.4 Å². The molecule has 0 aliphatic rings. The van der Waals surface area contributed by atoms with Gasteiger partial charge in [0.2, 0.25) is 0 Å². The number of nitrogens with one attached hydrogen (secondary N) is 1. The Morgan fingerprint density at radius 2 is 2.24 bits per heavy atom. The summed E-state index contributed by atoms with van der Waals surface area (Å²) in [5.41, 5.74) is 1.35. The molecule has 0 bridgehead atoms. The van der Waals surface area contributed by atoms with Crippen molar-refractivity contribution in [2.24, 2.45) is 5.92 Å². The molecule has 0 spiro atoms. The molecule has 4 nitrogen and oxygen atoms in total. The lowest BCUT2D eigenvalue weighted by atomic mass is 10.1. The molecule has 2 N–H and O–H groups in total. The lowest BCUT2D eigenvalue weighted by molar-refractivity contribution is 0.0886. The average molecular weight is 289 g/mol. The van der Waals surface area contributed by atoms with Gasteiger partial charge >= 0.3 is 0 Å². The molecule has 1 aromatic rings. The Hall–Kier alpha value is -1.83. The second-order valence-electron chi connectivity index (χ2n) is 5.08. The maximum Gasteiger partial charge on any atom is 0.251 e. The van der Waals surface area contributed by atoms with Gasteiger partial charge in [0.15, 0.2) is 0 Å². The van der Waals surface area contributed by atoms with Crippen molar-refractivity contribution in [2.75, 3.05) is 26.4 Å². The minimum atomic E-state index is -0.131. The molecule has 0 fully saturated rings. The number of rotatable bonds is 7. The monoisotopic (exact) mass is 289 g/mol. The third kappa shape index (κ3) is 7.50. The lowest BCUT2D eigenvalue weighted by Crippen LogP contribution is -2.27. The van der Waals surface area contributed by atoms with Crippen LogP contribution in [0.4, 0.5) is 0 Å². The highest BCUT2D eigenvalue weighted by Crippen LogP contribution is 2.04. The molecule has 0 saturated heterocycles. The Bertz CT molecular complexity index is 500. The van der Waals surface area contributed by atoms with Crippen LogP contribution in [0.15, 0.2) is 24.3 Å². The molecular weight excluding hydrogens is 266 g/mol. The van der Waals surface area contributed by atoms with Crippen LogP contribution in [0.25, 0.3) is 0 Å². The Kier molecular flexibility index (Phi) is 8.18. The minimum absolute atomic E-state index is 0.0452. The van der Waals surface area contributed by atoms with Gasteiger partial charge < -0.3 is 15.2 Å². The summed E-state index contributed by atoms with van der Waals surface area (Å²) in [5, 5.41) is 11.5. The standard InChI is InChI=1S/C17H23NO3/c1-14(2)13-21-11-9-18-17(20)16-8-5-7-15(12-16)6-3-4-10-19/h5,7-8,12,14,19H,4,9-11,13H2,1-2H3,(H,18,20). The van der Waals surface area contributed by atoms with E-state index in [-0.39, 0.29) is 12.5 Å². The highest BCUT2D eigenvalue weighted by atomic mass is 16.5. The fourth-order valence-electron chi connectivity index (χ4n) is 1.62. The van der Waals surface area contributed by atoms with Gasteiger partial charge in [-0.2, -0.15) is 0 Å². The van der Waals surface area contributed by atoms with E-state index in [1.807, 2.05) is 6.07 Å². The van der Waals surface area contributed by atoms with Crippen LogP contribution in [0.2, 0.25) is 0 Å².